The number of nitrogens with zero attached hydrogens (tertiary/aromatic N) is 1. The molecule has 8 nitrogen and oxygen atoms in total. The van der Waals surface area contributed by atoms with Crippen molar-refractivity contribution in [3.05, 3.63) is 41.0 Å². The Morgan fingerprint density at radius 2 is 1.31 bits per heavy atom. The van der Waals surface area contributed by atoms with Gasteiger partial charge in [0.2, 0.25) is 11.6 Å². The fourth-order valence-electron chi connectivity index (χ4n) is 2.48. The number of carbonyl (C=O) groups excluding carboxylic acids is 3. The Hall–Kier alpha value is -2.83. The molecule has 0 fully saturated rings. The Labute approximate surface area is 180 Å². The fraction of sp³-hybridized carbons (Fsp3) is 0.450. The fourth-order valence-corrected chi connectivity index (χ4v) is 2.48. The predicted octanol–water partition coefficient (Wildman–Crippen LogP) is 1.82. The van der Waals surface area contributed by atoms with Crippen molar-refractivity contribution >= 4 is 17.8 Å². The van der Waals surface area contributed by atoms with Crippen molar-refractivity contribution in [1.29, 1.82) is 0 Å². The van der Waals surface area contributed by atoms with Crippen LogP contribution in [0.5, 0.6) is 5.75 Å². The van der Waals surface area contributed by atoms with Gasteiger partial charge < -0.3 is 18.9 Å². The van der Waals surface area contributed by atoms with Crippen molar-refractivity contribution in [3.63, 3.8) is 0 Å². The molecule has 0 bridgehead atoms. The number of hydrogen-bond donors (Lipinski definition) is 0. The lowest BCUT2D eigenvalue weighted by atomic mass is 10.2. The molecular weight excluding hydrogens is 442 g/mol. The maximum atomic E-state index is 13.8. The van der Waals surface area contributed by atoms with Gasteiger partial charge in [-0.2, -0.15) is 4.39 Å². The van der Waals surface area contributed by atoms with Crippen LogP contribution in [0.3, 0.4) is 0 Å². The highest BCUT2D eigenvalue weighted by Gasteiger charge is 2.26. The summed E-state index contributed by atoms with van der Waals surface area (Å²) in [5.74, 6) is -10.2. The third-order valence-electron chi connectivity index (χ3n) is 4.21. The van der Waals surface area contributed by atoms with Crippen LogP contribution >= 0.6 is 0 Å². The zero-order chi connectivity index (χ0) is 23.7. The molecule has 0 aromatic heterocycles. The summed E-state index contributed by atoms with van der Waals surface area (Å²) in [5.41, 5.74) is -0.806. The molecule has 0 radical (unpaired) electrons. The summed E-state index contributed by atoms with van der Waals surface area (Å²) < 4.78 is 74.0. The van der Waals surface area contributed by atoms with E-state index in [0.29, 0.717) is 0 Å². The van der Waals surface area contributed by atoms with Crippen LogP contribution in [-0.2, 0) is 28.6 Å². The van der Waals surface area contributed by atoms with Gasteiger partial charge in [-0.3, -0.25) is 19.3 Å². The second-order valence-corrected chi connectivity index (χ2v) is 6.43. The van der Waals surface area contributed by atoms with E-state index in [2.05, 4.69) is 4.74 Å². The van der Waals surface area contributed by atoms with Crippen LogP contribution < -0.4 is 4.74 Å². The standard InChI is InChI=1S/C20H21F4NO7/c1-12-16(21)18(23)19(24)20(17(12)22)32-15(28)4-6-29-8-10-31-11-9-30-7-5-25-13(26)2-3-14(25)27/h2-3H,4-11H2,1H3. The molecule has 1 aliphatic rings. The minimum absolute atomic E-state index is 0.0999. The van der Waals surface area contributed by atoms with Crippen LogP contribution in [0.2, 0.25) is 0 Å². The van der Waals surface area contributed by atoms with Crippen molar-refractivity contribution in [2.75, 3.05) is 46.2 Å². The van der Waals surface area contributed by atoms with Crippen LogP contribution in [0.15, 0.2) is 12.2 Å². The van der Waals surface area contributed by atoms with E-state index in [-0.39, 0.29) is 64.4 Å². The normalized spacial score (nSPS) is 13.3. The predicted molar refractivity (Wildman–Crippen MR) is 99.6 cm³/mol. The first-order chi connectivity index (χ1) is 15.2. The molecule has 0 saturated carbocycles. The summed E-state index contributed by atoms with van der Waals surface area (Å²) in [4.78, 5) is 35.3. The zero-order valence-corrected chi connectivity index (χ0v) is 17.1. The van der Waals surface area contributed by atoms with E-state index in [1.165, 1.54) is 12.2 Å². The SMILES string of the molecule is Cc1c(F)c(F)c(F)c(OC(=O)CCOCCOCCOCCN2C(=O)C=CC2=O)c1F. The van der Waals surface area contributed by atoms with Crippen molar-refractivity contribution < 1.29 is 50.9 Å². The Balaban J connectivity index is 1.51. The van der Waals surface area contributed by atoms with Gasteiger partial charge in [-0.05, 0) is 6.92 Å². The summed E-state index contributed by atoms with van der Waals surface area (Å²) in [6, 6.07) is 0. The first-order valence-corrected chi connectivity index (χ1v) is 9.54. The second-order valence-electron chi connectivity index (χ2n) is 6.43. The van der Waals surface area contributed by atoms with Gasteiger partial charge in [-0.15, -0.1) is 0 Å². The summed E-state index contributed by atoms with van der Waals surface area (Å²) >= 11 is 0. The Kier molecular flexibility index (Phi) is 9.75. The lowest BCUT2D eigenvalue weighted by Crippen LogP contribution is -2.33. The Morgan fingerprint density at radius 1 is 0.781 bits per heavy atom. The molecule has 2 amide bonds. The average molecular weight is 463 g/mol. The number of carbonyl (C=O) groups is 3. The Bertz CT molecular complexity index is 844. The van der Waals surface area contributed by atoms with Gasteiger partial charge in [0.05, 0.1) is 52.6 Å². The first kappa shape index (κ1) is 25.4. The topological polar surface area (TPSA) is 91.4 Å². The number of esters is 1. The molecule has 1 aromatic rings. The van der Waals surface area contributed by atoms with Crippen molar-refractivity contribution in [1.82, 2.24) is 4.90 Å². The molecular formula is C20H21F4NO7. The average Bonchev–Trinajstić information content (AvgIpc) is 3.09. The van der Waals surface area contributed by atoms with E-state index in [0.717, 1.165) is 11.8 Å². The van der Waals surface area contributed by atoms with Crippen LogP contribution in [0.25, 0.3) is 0 Å². The quantitative estimate of drug-likeness (QED) is 0.0839. The molecule has 0 N–H and O–H groups in total. The molecule has 0 spiro atoms. The molecule has 32 heavy (non-hydrogen) atoms. The highest BCUT2D eigenvalue weighted by molar-refractivity contribution is 6.12. The van der Waals surface area contributed by atoms with Gasteiger partial charge in [0.15, 0.2) is 17.5 Å². The summed E-state index contributed by atoms with van der Waals surface area (Å²) in [6.07, 6.45) is 1.99. The number of halogens is 4. The zero-order valence-electron chi connectivity index (χ0n) is 17.1. The summed E-state index contributed by atoms with van der Waals surface area (Å²) in [7, 11) is 0. The second kappa shape index (κ2) is 12.3. The van der Waals surface area contributed by atoms with Crippen LogP contribution in [0.4, 0.5) is 17.6 Å². The molecule has 12 heteroatoms. The molecule has 1 heterocycles. The molecule has 1 aliphatic heterocycles. The van der Waals surface area contributed by atoms with E-state index in [9.17, 15) is 31.9 Å². The number of hydrogen-bond acceptors (Lipinski definition) is 7. The third-order valence-corrected chi connectivity index (χ3v) is 4.21. The molecule has 0 saturated heterocycles. The summed E-state index contributed by atoms with van der Waals surface area (Å²) in [5, 5.41) is 0. The van der Waals surface area contributed by atoms with Crippen molar-refractivity contribution in [3.8, 4) is 5.75 Å². The minimum Gasteiger partial charge on any atom is -0.420 e. The van der Waals surface area contributed by atoms with Crippen molar-refractivity contribution in [2.24, 2.45) is 0 Å². The number of rotatable bonds is 13. The Morgan fingerprint density at radius 3 is 1.91 bits per heavy atom. The lowest BCUT2D eigenvalue weighted by molar-refractivity contribution is -0.138. The van der Waals surface area contributed by atoms with Crippen LogP contribution in [0, 0.1) is 30.2 Å². The maximum Gasteiger partial charge on any atom is 0.313 e. The molecule has 1 aromatic carbocycles. The number of benzene rings is 1. The highest BCUT2D eigenvalue weighted by Crippen LogP contribution is 2.29. The number of ether oxygens (including phenoxy) is 4. The van der Waals surface area contributed by atoms with Gasteiger partial charge in [-0.25, -0.2) is 13.2 Å². The number of imide groups is 1. The van der Waals surface area contributed by atoms with Gasteiger partial charge in [-0.1, -0.05) is 0 Å². The first-order valence-electron chi connectivity index (χ1n) is 9.54. The monoisotopic (exact) mass is 463 g/mol. The van der Waals surface area contributed by atoms with E-state index >= 15 is 0 Å². The number of amides is 2. The van der Waals surface area contributed by atoms with Crippen molar-refractivity contribution in [2.45, 2.75) is 13.3 Å². The van der Waals surface area contributed by atoms with Gasteiger partial charge in [0.1, 0.15) is 0 Å². The lowest BCUT2D eigenvalue weighted by Gasteiger charge is -2.13. The highest BCUT2D eigenvalue weighted by atomic mass is 19.2. The molecule has 0 atom stereocenters. The summed E-state index contributed by atoms with van der Waals surface area (Å²) in [6.45, 7) is 1.74. The van der Waals surface area contributed by atoms with Gasteiger partial charge in [0.25, 0.3) is 11.8 Å². The molecule has 176 valence electrons. The van der Waals surface area contributed by atoms with Gasteiger partial charge in [0, 0.05) is 17.7 Å². The van der Waals surface area contributed by atoms with Gasteiger partial charge >= 0.3 is 5.97 Å². The minimum atomic E-state index is -1.93. The van der Waals surface area contributed by atoms with E-state index in [4.69, 9.17) is 14.2 Å². The van der Waals surface area contributed by atoms with Crippen LogP contribution in [0.1, 0.15) is 12.0 Å². The van der Waals surface area contributed by atoms with Crippen LogP contribution in [-0.4, -0.2) is 68.9 Å². The molecule has 0 aliphatic carbocycles. The molecule has 2 rings (SSSR count). The third kappa shape index (κ3) is 6.84. The largest absolute Gasteiger partial charge is 0.420 e. The van der Waals surface area contributed by atoms with E-state index in [1.54, 1.807) is 0 Å². The van der Waals surface area contributed by atoms with E-state index in [1.807, 2.05) is 0 Å². The molecule has 0 unspecified atom stereocenters. The maximum absolute atomic E-state index is 13.8. The smallest absolute Gasteiger partial charge is 0.313 e. The van der Waals surface area contributed by atoms with E-state index < -0.39 is 40.6 Å².